The molecule has 2 N–H and O–H groups in total. The average molecular weight is 613 g/mol. The lowest BCUT2D eigenvalue weighted by atomic mass is 10.0. The molecular formula is C29H26F2N4O9. The minimum Gasteiger partial charge on any atom is -0.493 e. The van der Waals surface area contributed by atoms with Crippen molar-refractivity contribution in [2.24, 2.45) is 0 Å². The van der Waals surface area contributed by atoms with E-state index in [9.17, 15) is 43.2 Å². The van der Waals surface area contributed by atoms with Crippen LogP contribution in [0.1, 0.15) is 38.7 Å². The smallest absolute Gasteiger partial charge is 0.305 e. The zero-order valence-electron chi connectivity index (χ0n) is 23.4. The quantitative estimate of drug-likeness (QED) is 0.258. The molecule has 4 rings (SSSR count). The van der Waals surface area contributed by atoms with Crippen molar-refractivity contribution in [2.75, 3.05) is 27.3 Å². The number of hydrogen-bond donors (Lipinski definition) is 2. The number of benzene rings is 3. The highest BCUT2D eigenvalue weighted by molar-refractivity contribution is 6.02. The first-order chi connectivity index (χ1) is 20.9. The van der Waals surface area contributed by atoms with Gasteiger partial charge in [0.15, 0.2) is 17.7 Å². The first-order valence-corrected chi connectivity index (χ1v) is 13.0. The van der Waals surface area contributed by atoms with E-state index in [0.29, 0.717) is 11.8 Å². The Bertz CT molecular complexity index is 1610. The molecule has 0 aromatic heterocycles. The molecule has 1 fully saturated rings. The van der Waals surface area contributed by atoms with E-state index < -0.39 is 64.4 Å². The standard InChI is InChI=1S/C29H26F2N4O9/c1-43-23-7-6-17(13-24(23)44-2)28(39)33-8-9-34(29(40)18-10-19(30)14-20(31)11-18)27(33)26(38)32-22(15-25(36)37)16-4-3-5-21(12-16)35(41)42/h3-7,10-14,22,27H,8-9,15H2,1-2H3,(H,32,38)(H,36,37). The Hall–Kier alpha value is -5.60. The summed E-state index contributed by atoms with van der Waals surface area (Å²) in [5.74, 6) is -5.63. The maximum Gasteiger partial charge on any atom is 0.305 e. The Morgan fingerprint density at radius 2 is 1.55 bits per heavy atom. The highest BCUT2D eigenvalue weighted by atomic mass is 19.1. The zero-order chi connectivity index (χ0) is 32.1. The molecule has 15 heteroatoms. The lowest BCUT2D eigenvalue weighted by Crippen LogP contribution is -2.54. The number of hydrogen-bond acceptors (Lipinski definition) is 8. The molecule has 3 aromatic rings. The fourth-order valence-electron chi connectivity index (χ4n) is 4.84. The third-order valence-corrected chi connectivity index (χ3v) is 6.85. The summed E-state index contributed by atoms with van der Waals surface area (Å²) in [6.45, 7) is -0.413. The number of carbonyl (C=O) groups excluding carboxylic acids is 3. The molecular weight excluding hydrogens is 586 g/mol. The maximum atomic E-state index is 14.0. The molecule has 13 nitrogen and oxygen atoms in total. The zero-order valence-corrected chi connectivity index (χ0v) is 23.4. The average Bonchev–Trinajstić information content (AvgIpc) is 3.44. The van der Waals surface area contributed by atoms with Gasteiger partial charge in [0.1, 0.15) is 11.6 Å². The minimum absolute atomic E-state index is 0.0484. The SMILES string of the molecule is COc1ccc(C(=O)N2CCN(C(=O)c3cc(F)cc(F)c3)C2C(=O)NC(CC(=O)O)c2cccc([N+](=O)[O-])c2)cc1OC. The number of non-ortho nitro benzene ring substituents is 1. The monoisotopic (exact) mass is 612 g/mol. The number of nitro groups is 1. The molecule has 0 saturated carbocycles. The van der Waals surface area contributed by atoms with Gasteiger partial charge in [0.25, 0.3) is 23.4 Å². The van der Waals surface area contributed by atoms with E-state index in [4.69, 9.17) is 9.47 Å². The van der Waals surface area contributed by atoms with E-state index in [2.05, 4.69) is 5.32 Å². The normalized spacial score (nSPS) is 15.0. The van der Waals surface area contributed by atoms with Crippen LogP contribution in [-0.4, -0.2) is 77.0 Å². The molecule has 0 spiro atoms. The van der Waals surface area contributed by atoms with Gasteiger partial charge in [-0.25, -0.2) is 8.78 Å². The van der Waals surface area contributed by atoms with Crippen LogP contribution in [0.2, 0.25) is 0 Å². The molecule has 0 aliphatic carbocycles. The van der Waals surface area contributed by atoms with Gasteiger partial charge in [-0.2, -0.15) is 0 Å². The number of methoxy groups -OCH3 is 2. The molecule has 2 atom stereocenters. The lowest BCUT2D eigenvalue weighted by molar-refractivity contribution is -0.384. The molecule has 1 saturated heterocycles. The third-order valence-electron chi connectivity index (χ3n) is 6.85. The van der Waals surface area contributed by atoms with Gasteiger partial charge in [-0.15, -0.1) is 0 Å². The highest BCUT2D eigenvalue weighted by Gasteiger charge is 2.44. The number of nitrogens with zero attached hydrogens (tertiary/aromatic N) is 3. The summed E-state index contributed by atoms with van der Waals surface area (Å²) in [6, 6.07) is 9.98. The molecule has 3 amide bonds. The molecule has 3 aromatic carbocycles. The van der Waals surface area contributed by atoms with Gasteiger partial charge in [-0.3, -0.25) is 29.3 Å². The van der Waals surface area contributed by atoms with Crippen LogP contribution < -0.4 is 14.8 Å². The Kier molecular flexibility index (Phi) is 9.36. The molecule has 0 radical (unpaired) electrons. The lowest BCUT2D eigenvalue weighted by Gasteiger charge is -2.31. The van der Waals surface area contributed by atoms with E-state index in [-0.39, 0.29) is 35.7 Å². The fraction of sp³-hybridized carbons (Fsp3) is 0.241. The molecule has 1 aliphatic heterocycles. The minimum atomic E-state index is -1.70. The number of ether oxygens (including phenoxy) is 2. The largest absolute Gasteiger partial charge is 0.493 e. The van der Waals surface area contributed by atoms with Gasteiger partial charge < -0.3 is 29.7 Å². The summed E-state index contributed by atoms with van der Waals surface area (Å²) < 4.78 is 38.4. The van der Waals surface area contributed by atoms with Gasteiger partial charge in [0.2, 0.25) is 0 Å². The second-order valence-corrected chi connectivity index (χ2v) is 9.61. The van der Waals surface area contributed by atoms with E-state index >= 15 is 0 Å². The molecule has 230 valence electrons. The number of carboxylic acids is 1. The summed E-state index contributed by atoms with van der Waals surface area (Å²) >= 11 is 0. The molecule has 1 heterocycles. The number of halogens is 2. The summed E-state index contributed by atoms with van der Waals surface area (Å²) in [5.41, 5.74) is -0.659. The van der Waals surface area contributed by atoms with E-state index in [1.807, 2.05) is 0 Å². The van der Waals surface area contributed by atoms with Crippen molar-refractivity contribution in [2.45, 2.75) is 18.6 Å². The topological polar surface area (TPSA) is 169 Å². The second kappa shape index (κ2) is 13.1. The number of carboxylic acid groups (broad SMARTS) is 1. The molecule has 2 unspecified atom stereocenters. The van der Waals surface area contributed by atoms with Crippen LogP contribution >= 0.6 is 0 Å². The van der Waals surface area contributed by atoms with E-state index in [0.717, 1.165) is 28.0 Å². The van der Waals surface area contributed by atoms with Crippen molar-refractivity contribution in [3.8, 4) is 11.5 Å². The summed E-state index contributed by atoms with van der Waals surface area (Å²) in [7, 11) is 2.75. The van der Waals surface area contributed by atoms with Crippen molar-refractivity contribution < 1.29 is 47.5 Å². The van der Waals surface area contributed by atoms with Crippen molar-refractivity contribution >= 4 is 29.4 Å². The summed E-state index contributed by atoms with van der Waals surface area (Å²) in [4.78, 5) is 65.3. The number of carbonyl (C=O) groups is 4. The van der Waals surface area contributed by atoms with Crippen LogP contribution in [0.3, 0.4) is 0 Å². The van der Waals surface area contributed by atoms with Crippen LogP contribution in [0.4, 0.5) is 14.5 Å². The van der Waals surface area contributed by atoms with Gasteiger partial charge in [0, 0.05) is 42.4 Å². The van der Waals surface area contributed by atoms with Crippen LogP contribution in [0.15, 0.2) is 60.7 Å². The van der Waals surface area contributed by atoms with E-state index in [1.54, 1.807) is 0 Å². The van der Waals surface area contributed by atoms with Gasteiger partial charge in [-0.1, -0.05) is 12.1 Å². The van der Waals surface area contributed by atoms with Crippen molar-refractivity contribution in [1.29, 1.82) is 0 Å². The molecule has 44 heavy (non-hydrogen) atoms. The maximum absolute atomic E-state index is 14.0. The second-order valence-electron chi connectivity index (χ2n) is 9.61. The first kappa shape index (κ1) is 31.3. The number of aliphatic carboxylic acids is 1. The third kappa shape index (κ3) is 6.72. The number of nitro benzene ring substituents is 1. The number of amides is 3. The number of nitrogens with one attached hydrogen (secondary N) is 1. The van der Waals surface area contributed by atoms with Gasteiger partial charge in [0.05, 0.1) is 31.6 Å². The first-order valence-electron chi connectivity index (χ1n) is 13.0. The summed E-state index contributed by atoms with van der Waals surface area (Å²) in [5, 5.41) is 23.3. The van der Waals surface area contributed by atoms with Crippen molar-refractivity contribution in [3.63, 3.8) is 0 Å². The Labute approximate surface area is 248 Å². The fourth-order valence-corrected chi connectivity index (χ4v) is 4.84. The van der Waals surface area contributed by atoms with E-state index in [1.165, 1.54) is 50.6 Å². The van der Waals surface area contributed by atoms with Crippen LogP contribution in [0, 0.1) is 21.7 Å². The Morgan fingerprint density at radius 1 is 0.932 bits per heavy atom. The predicted octanol–water partition coefficient (Wildman–Crippen LogP) is 3.15. The highest BCUT2D eigenvalue weighted by Crippen LogP contribution is 2.30. The van der Waals surface area contributed by atoms with Crippen LogP contribution in [0.25, 0.3) is 0 Å². The van der Waals surface area contributed by atoms with Crippen molar-refractivity contribution in [1.82, 2.24) is 15.1 Å². The molecule has 0 bridgehead atoms. The summed E-state index contributed by atoms with van der Waals surface area (Å²) in [6.07, 6.45) is -2.41. The van der Waals surface area contributed by atoms with Gasteiger partial charge in [-0.05, 0) is 35.9 Å². The molecule has 1 aliphatic rings. The Morgan fingerprint density at radius 3 is 2.11 bits per heavy atom. The van der Waals surface area contributed by atoms with Gasteiger partial charge >= 0.3 is 5.97 Å². The number of rotatable bonds is 10. The van der Waals surface area contributed by atoms with Crippen LogP contribution in [-0.2, 0) is 9.59 Å². The van der Waals surface area contributed by atoms with Crippen LogP contribution in [0.5, 0.6) is 11.5 Å². The van der Waals surface area contributed by atoms with Crippen molar-refractivity contribution in [3.05, 3.63) is 99.1 Å². The predicted molar refractivity (Wildman–Crippen MR) is 148 cm³/mol. The Balaban J connectivity index is 1.74.